The van der Waals surface area contributed by atoms with Gasteiger partial charge in [-0.1, -0.05) is 18.5 Å². The van der Waals surface area contributed by atoms with E-state index in [9.17, 15) is 4.79 Å². The molecule has 0 aliphatic heterocycles. The third-order valence-corrected chi connectivity index (χ3v) is 2.70. The number of nitrogens with one attached hydrogen (secondary N) is 2. The van der Waals surface area contributed by atoms with Crippen LogP contribution in [0.4, 0.5) is 5.69 Å². The first-order valence-electron chi connectivity index (χ1n) is 5.56. The van der Waals surface area contributed by atoms with Gasteiger partial charge < -0.3 is 10.6 Å². The van der Waals surface area contributed by atoms with Crippen LogP contribution in [0.25, 0.3) is 0 Å². The van der Waals surface area contributed by atoms with E-state index in [4.69, 9.17) is 11.6 Å². The fraction of sp³-hybridized carbons (Fsp3) is 0.500. The molecule has 0 radical (unpaired) electrons. The first-order valence-corrected chi connectivity index (χ1v) is 5.94. The van der Waals surface area contributed by atoms with Gasteiger partial charge in [0.05, 0.1) is 16.9 Å². The van der Waals surface area contributed by atoms with Crippen LogP contribution >= 0.6 is 11.6 Å². The Bertz CT molecular complexity index is 418. The van der Waals surface area contributed by atoms with Crippen LogP contribution in [0.3, 0.4) is 0 Å². The van der Waals surface area contributed by atoms with Crippen LogP contribution < -0.4 is 10.6 Å². The fourth-order valence-electron chi connectivity index (χ4n) is 1.46. The summed E-state index contributed by atoms with van der Waals surface area (Å²) in [6, 6.07) is 3.41. The Hall–Kier alpha value is -1.13. The maximum atomic E-state index is 12.0. The number of carbonyl (C=O) groups excluding carboxylic acids is 1. The number of carbonyl (C=O) groups is 1. The average molecular weight is 256 g/mol. The second kappa shape index (κ2) is 5.47. The van der Waals surface area contributed by atoms with Crippen LogP contribution in [0, 0.1) is 6.92 Å². The van der Waals surface area contributed by atoms with Gasteiger partial charge in [0.25, 0.3) is 0 Å². The minimum absolute atomic E-state index is 0.0911. The molecule has 1 aromatic heterocycles. The van der Waals surface area contributed by atoms with Crippen molar-refractivity contribution in [2.75, 3.05) is 11.9 Å². The predicted molar refractivity (Wildman–Crippen MR) is 70.4 cm³/mol. The Balaban J connectivity index is 2.81. The van der Waals surface area contributed by atoms with Gasteiger partial charge in [0.2, 0.25) is 5.91 Å². The van der Waals surface area contributed by atoms with Crippen molar-refractivity contribution in [3.8, 4) is 0 Å². The van der Waals surface area contributed by atoms with Crippen molar-refractivity contribution in [2.24, 2.45) is 0 Å². The molecule has 17 heavy (non-hydrogen) atoms. The van der Waals surface area contributed by atoms with Gasteiger partial charge in [-0.25, -0.2) is 4.98 Å². The van der Waals surface area contributed by atoms with E-state index in [1.807, 2.05) is 27.7 Å². The lowest BCUT2D eigenvalue weighted by Crippen LogP contribution is -2.49. The molecule has 1 amide bonds. The Kier molecular flexibility index (Phi) is 4.48. The number of halogens is 1. The van der Waals surface area contributed by atoms with Crippen molar-refractivity contribution in [2.45, 2.75) is 33.2 Å². The summed E-state index contributed by atoms with van der Waals surface area (Å²) in [5.41, 5.74) is 0.782. The van der Waals surface area contributed by atoms with Gasteiger partial charge >= 0.3 is 0 Å². The number of likely N-dealkylation sites (N-methyl/N-ethyl adjacent to an activating group) is 1. The van der Waals surface area contributed by atoms with Crippen LogP contribution in [0.5, 0.6) is 0 Å². The predicted octanol–water partition coefficient (Wildman–Crippen LogP) is 2.37. The van der Waals surface area contributed by atoms with Gasteiger partial charge in [-0.05, 0) is 39.4 Å². The number of rotatable bonds is 4. The summed E-state index contributed by atoms with van der Waals surface area (Å²) < 4.78 is 0. The molecule has 0 saturated heterocycles. The summed E-state index contributed by atoms with van der Waals surface area (Å²) in [6.45, 7) is 8.18. The fourth-order valence-corrected chi connectivity index (χ4v) is 1.65. The smallest absolute Gasteiger partial charge is 0.244 e. The van der Waals surface area contributed by atoms with Crippen molar-refractivity contribution in [1.82, 2.24) is 10.3 Å². The second-order valence-corrected chi connectivity index (χ2v) is 4.76. The van der Waals surface area contributed by atoms with Crippen LogP contribution in [-0.4, -0.2) is 23.0 Å². The normalized spacial score (nSPS) is 11.4. The molecule has 0 fully saturated rings. The molecule has 0 aliphatic carbocycles. The summed E-state index contributed by atoms with van der Waals surface area (Å²) in [4.78, 5) is 16.1. The summed E-state index contributed by atoms with van der Waals surface area (Å²) in [7, 11) is 0. The minimum Gasteiger partial charge on any atom is -0.323 e. The lowest BCUT2D eigenvalue weighted by molar-refractivity contribution is -0.121. The molecular formula is C12H18ClN3O. The van der Waals surface area contributed by atoms with Gasteiger partial charge in [-0.15, -0.1) is 0 Å². The number of aromatic nitrogens is 1. The summed E-state index contributed by atoms with van der Waals surface area (Å²) in [5.74, 6) is -0.0911. The summed E-state index contributed by atoms with van der Waals surface area (Å²) in [6.07, 6.45) is 0. The second-order valence-electron chi connectivity index (χ2n) is 4.38. The first-order chi connectivity index (χ1) is 7.86. The molecule has 5 heteroatoms. The third kappa shape index (κ3) is 3.68. The van der Waals surface area contributed by atoms with Crippen LogP contribution in [0.15, 0.2) is 12.1 Å². The Morgan fingerprint density at radius 3 is 2.65 bits per heavy atom. The molecular weight excluding hydrogens is 238 g/mol. The Morgan fingerprint density at radius 1 is 1.47 bits per heavy atom. The van der Waals surface area contributed by atoms with E-state index in [2.05, 4.69) is 15.6 Å². The van der Waals surface area contributed by atoms with Crippen molar-refractivity contribution < 1.29 is 4.79 Å². The number of hydrogen-bond donors (Lipinski definition) is 2. The maximum absolute atomic E-state index is 12.0. The van der Waals surface area contributed by atoms with Gasteiger partial charge in [0, 0.05) is 0 Å². The topological polar surface area (TPSA) is 54.0 Å². The highest BCUT2D eigenvalue weighted by atomic mass is 35.5. The number of hydrogen-bond acceptors (Lipinski definition) is 3. The zero-order chi connectivity index (χ0) is 13.1. The molecule has 0 bridgehead atoms. The SMILES string of the molecule is CCNC(C)(C)C(=O)Nc1ccc(Cl)nc1C. The molecule has 0 aliphatic rings. The van der Waals surface area contributed by atoms with E-state index in [0.717, 1.165) is 6.54 Å². The van der Waals surface area contributed by atoms with Crippen molar-refractivity contribution >= 4 is 23.2 Å². The molecule has 0 spiro atoms. The van der Waals surface area contributed by atoms with Crippen LogP contribution in [0.2, 0.25) is 5.15 Å². The van der Waals surface area contributed by atoms with E-state index in [-0.39, 0.29) is 5.91 Å². The van der Waals surface area contributed by atoms with E-state index in [1.165, 1.54) is 0 Å². The Labute approximate surface area is 107 Å². The molecule has 0 saturated carbocycles. The highest BCUT2D eigenvalue weighted by Crippen LogP contribution is 2.17. The number of aryl methyl sites for hydroxylation is 1. The minimum atomic E-state index is -0.610. The molecule has 1 rings (SSSR count). The molecule has 0 unspecified atom stereocenters. The number of anilines is 1. The molecule has 0 atom stereocenters. The third-order valence-electron chi connectivity index (χ3n) is 2.49. The largest absolute Gasteiger partial charge is 0.323 e. The van der Waals surface area contributed by atoms with Crippen LogP contribution in [-0.2, 0) is 4.79 Å². The van der Waals surface area contributed by atoms with Crippen molar-refractivity contribution in [3.05, 3.63) is 23.0 Å². The van der Waals surface area contributed by atoms with Gasteiger partial charge in [-0.2, -0.15) is 0 Å². The van der Waals surface area contributed by atoms with Gasteiger partial charge in [0.1, 0.15) is 5.15 Å². The van der Waals surface area contributed by atoms with E-state index in [0.29, 0.717) is 16.5 Å². The molecule has 1 heterocycles. The monoisotopic (exact) mass is 255 g/mol. The molecule has 4 nitrogen and oxygen atoms in total. The molecule has 2 N–H and O–H groups in total. The van der Waals surface area contributed by atoms with E-state index in [1.54, 1.807) is 12.1 Å². The van der Waals surface area contributed by atoms with E-state index >= 15 is 0 Å². The highest BCUT2D eigenvalue weighted by Gasteiger charge is 2.26. The molecule has 0 aromatic carbocycles. The summed E-state index contributed by atoms with van der Waals surface area (Å²) in [5, 5.41) is 6.38. The lowest BCUT2D eigenvalue weighted by Gasteiger charge is -2.24. The number of nitrogens with zero attached hydrogens (tertiary/aromatic N) is 1. The van der Waals surface area contributed by atoms with Crippen molar-refractivity contribution in [1.29, 1.82) is 0 Å². The van der Waals surface area contributed by atoms with Gasteiger partial charge in [-0.3, -0.25) is 4.79 Å². The number of pyridine rings is 1. The standard InChI is InChI=1S/C12H18ClN3O/c1-5-14-12(3,4)11(17)16-9-6-7-10(13)15-8(9)2/h6-7,14H,5H2,1-4H3,(H,16,17). The zero-order valence-corrected chi connectivity index (χ0v) is 11.4. The summed E-state index contributed by atoms with van der Waals surface area (Å²) >= 11 is 5.76. The van der Waals surface area contributed by atoms with Crippen molar-refractivity contribution in [3.63, 3.8) is 0 Å². The first kappa shape index (κ1) is 13.9. The average Bonchev–Trinajstić information content (AvgIpc) is 2.22. The zero-order valence-electron chi connectivity index (χ0n) is 10.6. The maximum Gasteiger partial charge on any atom is 0.244 e. The highest BCUT2D eigenvalue weighted by molar-refractivity contribution is 6.29. The van der Waals surface area contributed by atoms with Gasteiger partial charge in [0.15, 0.2) is 0 Å². The molecule has 94 valence electrons. The number of amides is 1. The lowest BCUT2D eigenvalue weighted by atomic mass is 10.0. The quantitative estimate of drug-likeness (QED) is 0.813. The molecule has 1 aromatic rings. The Morgan fingerprint density at radius 2 is 2.12 bits per heavy atom. The van der Waals surface area contributed by atoms with E-state index < -0.39 is 5.54 Å². The van der Waals surface area contributed by atoms with Crippen LogP contribution in [0.1, 0.15) is 26.5 Å².